The summed E-state index contributed by atoms with van der Waals surface area (Å²) in [5.41, 5.74) is 6.72. The molecule has 2 N–H and O–H groups in total. The monoisotopic (exact) mass is 718 g/mol. The zero-order valence-corrected chi connectivity index (χ0v) is 32.6. The number of thioether (sulfide) groups is 1. The van der Waals surface area contributed by atoms with Crippen molar-refractivity contribution in [3.05, 3.63) is 70.9 Å². The number of carbonyl (C=O) groups is 2. The minimum Gasteiger partial charge on any atom is -0.450 e. The Labute approximate surface area is 302 Å². The van der Waals surface area contributed by atoms with Crippen LogP contribution < -0.4 is 0 Å². The summed E-state index contributed by atoms with van der Waals surface area (Å²) in [6, 6.07) is 0.790. The number of nitrogens with one attached hydrogen (secondary N) is 2. The minimum absolute atomic E-state index is 0.0629. The highest BCUT2D eigenvalue weighted by molar-refractivity contribution is 7.99. The summed E-state index contributed by atoms with van der Waals surface area (Å²) in [6.45, 7) is 14.4. The predicted molar refractivity (Wildman–Crippen MR) is 204 cm³/mol. The van der Waals surface area contributed by atoms with E-state index in [4.69, 9.17) is 19.4 Å². The van der Waals surface area contributed by atoms with Gasteiger partial charge in [0.25, 0.3) is 0 Å². The van der Waals surface area contributed by atoms with Crippen LogP contribution in [0.15, 0.2) is 47.8 Å². The van der Waals surface area contributed by atoms with Crippen LogP contribution in [0, 0.1) is 0 Å². The molecule has 4 aliphatic rings. The highest BCUT2D eigenvalue weighted by atomic mass is 32.2. The molecule has 0 spiro atoms. The number of ether oxygens (including phenoxy) is 2. The molecule has 2 aromatic heterocycles. The largest absolute Gasteiger partial charge is 0.450 e. The first-order valence-electron chi connectivity index (χ1n) is 18.1. The molecule has 4 heterocycles. The summed E-state index contributed by atoms with van der Waals surface area (Å²) in [7, 11) is -1.26. The van der Waals surface area contributed by atoms with E-state index in [1.54, 1.807) is 11.8 Å². The number of carbonyl (C=O) groups excluding carboxylic acids is 2. The molecule has 0 radical (unpaired) electrons. The third-order valence-electron chi connectivity index (χ3n) is 10.0. The molecule has 50 heavy (non-hydrogen) atoms. The number of hydrogen-bond donors (Lipinski definition) is 2. The average molecular weight is 719 g/mol. The van der Waals surface area contributed by atoms with Gasteiger partial charge in [-0.3, -0.25) is 9.80 Å². The number of amides is 2. The lowest BCUT2D eigenvalue weighted by atomic mass is 9.86. The smallest absolute Gasteiger partial charge is 0.410 e. The predicted octanol–water partition coefficient (Wildman–Crippen LogP) is 9.07. The van der Waals surface area contributed by atoms with Crippen molar-refractivity contribution in [2.75, 3.05) is 26.0 Å². The molecule has 2 aromatic rings. The van der Waals surface area contributed by atoms with E-state index in [9.17, 15) is 9.59 Å². The number of aromatic nitrogens is 4. The van der Waals surface area contributed by atoms with Gasteiger partial charge in [-0.25, -0.2) is 19.6 Å². The third kappa shape index (κ3) is 8.67. The number of hydrogen-bond acceptors (Lipinski definition) is 7. The Morgan fingerprint density at radius 2 is 1.42 bits per heavy atom. The van der Waals surface area contributed by atoms with Gasteiger partial charge in [0.05, 0.1) is 42.5 Å². The summed E-state index contributed by atoms with van der Waals surface area (Å²) >= 11 is 1.79. The first-order chi connectivity index (χ1) is 23.8. The van der Waals surface area contributed by atoms with Crippen LogP contribution in [0.3, 0.4) is 0 Å². The summed E-state index contributed by atoms with van der Waals surface area (Å²) in [5.74, 6) is 1.67. The SMILES string of the molecule is CSC1CC(c2ncc(C3=CC=C(C4=CC=C(c5cnc(C6CCCN6C(=O)OCC[Si](C)(C)C)[nH]5)CC4)CC3)[nH]2)N(C(=O)OC(C)(C)C)C1. The quantitative estimate of drug-likeness (QED) is 0.249. The average Bonchev–Trinajstić information content (AvgIpc) is 3.89. The Morgan fingerprint density at radius 1 is 0.860 bits per heavy atom. The van der Waals surface area contributed by atoms with E-state index < -0.39 is 13.7 Å². The maximum atomic E-state index is 13.0. The second-order valence-corrected chi connectivity index (χ2v) is 22.9. The minimum atomic E-state index is -1.26. The molecule has 2 fully saturated rings. The maximum absolute atomic E-state index is 13.0. The molecule has 2 amide bonds. The molecule has 2 aliphatic carbocycles. The topological polar surface area (TPSA) is 116 Å². The van der Waals surface area contributed by atoms with Crippen molar-refractivity contribution in [1.29, 1.82) is 0 Å². The molecule has 2 saturated heterocycles. The van der Waals surface area contributed by atoms with Gasteiger partial charge in [0.15, 0.2) is 0 Å². The highest BCUT2D eigenvalue weighted by Crippen LogP contribution is 2.39. The van der Waals surface area contributed by atoms with E-state index in [1.807, 2.05) is 43.0 Å². The fourth-order valence-electron chi connectivity index (χ4n) is 7.14. The Hall–Kier alpha value is -3.51. The zero-order chi connectivity index (χ0) is 35.6. The molecule has 2 aliphatic heterocycles. The van der Waals surface area contributed by atoms with Crippen molar-refractivity contribution in [1.82, 2.24) is 29.7 Å². The van der Waals surface area contributed by atoms with E-state index in [2.05, 4.69) is 60.2 Å². The number of rotatable bonds is 9. The molecular weight excluding hydrogens is 665 g/mol. The van der Waals surface area contributed by atoms with Gasteiger partial charge in [-0.05, 0) is 100 Å². The number of allylic oxidation sites excluding steroid dienone is 8. The van der Waals surface area contributed by atoms with E-state index in [1.165, 1.54) is 22.3 Å². The van der Waals surface area contributed by atoms with Crippen molar-refractivity contribution >= 4 is 43.2 Å². The normalized spacial score (nSPS) is 23.0. The summed E-state index contributed by atoms with van der Waals surface area (Å²) in [4.78, 5) is 46.2. The summed E-state index contributed by atoms with van der Waals surface area (Å²) in [5, 5.41) is 0.354. The van der Waals surface area contributed by atoms with Crippen molar-refractivity contribution < 1.29 is 19.1 Å². The summed E-state index contributed by atoms with van der Waals surface area (Å²) in [6.07, 6.45) is 20.9. The van der Waals surface area contributed by atoms with E-state index in [-0.39, 0.29) is 24.3 Å². The van der Waals surface area contributed by atoms with Gasteiger partial charge in [0, 0.05) is 26.4 Å². The highest BCUT2D eigenvalue weighted by Gasteiger charge is 2.40. The first-order valence-corrected chi connectivity index (χ1v) is 23.1. The van der Waals surface area contributed by atoms with E-state index in [0.717, 1.165) is 74.0 Å². The second-order valence-electron chi connectivity index (χ2n) is 16.2. The van der Waals surface area contributed by atoms with Gasteiger partial charge in [-0.1, -0.05) is 43.9 Å². The van der Waals surface area contributed by atoms with Gasteiger partial charge >= 0.3 is 12.2 Å². The van der Waals surface area contributed by atoms with Gasteiger partial charge in [0.1, 0.15) is 17.2 Å². The second kappa shape index (κ2) is 15.0. The lowest BCUT2D eigenvalue weighted by Gasteiger charge is -2.27. The third-order valence-corrected chi connectivity index (χ3v) is 12.7. The Balaban J connectivity index is 1.08. The van der Waals surface area contributed by atoms with Crippen molar-refractivity contribution in [2.24, 2.45) is 0 Å². The Morgan fingerprint density at radius 3 is 1.94 bits per heavy atom. The fourth-order valence-corrected chi connectivity index (χ4v) is 8.54. The molecule has 3 unspecified atom stereocenters. The molecule has 3 atom stereocenters. The van der Waals surface area contributed by atoms with Gasteiger partial charge in [-0.2, -0.15) is 11.8 Å². The van der Waals surface area contributed by atoms with E-state index in [0.29, 0.717) is 24.9 Å². The van der Waals surface area contributed by atoms with Crippen LogP contribution in [-0.2, 0) is 9.47 Å². The fraction of sp³-hybridized carbons (Fsp3) is 0.579. The number of imidazole rings is 2. The zero-order valence-electron chi connectivity index (χ0n) is 30.8. The molecule has 0 bridgehead atoms. The van der Waals surface area contributed by atoms with Crippen molar-refractivity contribution in [2.45, 2.75) is 114 Å². The molecule has 0 aromatic carbocycles. The van der Waals surface area contributed by atoms with Crippen LogP contribution >= 0.6 is 11.8 Å². The Bertz CT molecular complexity index is 1690. The van der Waals surface area contributed by atoms with Crippen LogP contribution in [0.25, 0.3) is 11.1 Å². The first kappa shape index (κ1) is 36.3. The molecular formula is C38H54N6O4SSi. The van der Waals surface area contributed by atoms with Gasteiger partial charge in [0.2, 0.25) is 0 Å². The van der Waals surface area contributed by atoms with E-state index >= 15 is 0 Å². The standard InChI is InChI=1S/C38H54N6O4SSi/c1-38(2,3)48-37(46)44-24-29(49-4)21-33(44)35-40-23-31(42-35)28-16-12-26(13-17-28)25-10-14-27(15-11-25)30-22-39-34(41-30)32-9-8-18-43(32)36(45)47-19-20-50(5,6)7/h10,12,14,16,22-23,29,32-33H,8-9,11,13,15,17-21,24H2,1-7H3,(H,39,41)(H,40,42). The van der Waals surface area contributed by atoms with Crippen molar-refractivity contribution in [3.63, 3.8) is 0 Å². The molecule has 6 rings (SSSR count). The van der Waals surface area contributed by atoms with Crippen LogP contribution in [0.5, 0.6) is 0 Å². The lowest BCUT2D eigenvalue weighted by Crippen LogP contribution is -2.37. The number of nitrogens with zero attached hydrogens (tertiary/aromatic N) is 4. The van der Waals surface area contributed by atoms with Crippen LogP contribution in [0.4, 0.5) is 9.59 Å². The maximum Gasteiger partial charge on any atom is 0.410 e. The molecule has 0 saturated carbocycles. The van der Waals surface area contributed by atoms with Gasteiger partial charge in [-0.15, -0.1) is 0 Å². The molecule has 12 heteroatoms. The van der Waals surface area contributed by atoms with Crippen LogP contribution in [-0.4, -0.2) is 86.8 Å². The van der Waals surface area contributed by atoms with Gasteiger partial charge < -0.3 is 19.4 Å². The number of likely N-dealkylation sites (tertiary alicyclic amines) is 2. The Kier molecular flexibility index (Phi) is 10.9. The number of aromatic amines is 2. The summed E-state index contributed by atoms with van der Waals surface area (Å²) < 4.78 is 11.4. The molecule has 10 nitrogen and oxygen atoms in total. The molecule has 270 valence electrons. The van der Waals surface area contributed by atoms with Crippen LogP contribution in [0.1, 0.15) is 101 Å². The number of H-pyrrole nitrogens is 2. The van der Waals surface area contributed by atoms with Crippen LogP contribution in [0.2, 0.25) is 25.7 Å². The lowest BCUT2D eigenvalue weighted by molar-refractivity contribution is 0.0219. The van der Waals surface area contributed by atoms with Crippen molar-refractivity contribution in [3.8, 4) is 0 Å².